The summed E-state index contributed by atoms with van der Waals surface area (Å²) < 4.78 is 0. The van der Waals surface area contributed by atoms with Gasteiger partial charge in [-0.1, -0.05) is 25.4 Å². The van der Waals surface area contributed by atoms with Crippen molar-refractivity contribution in [3.8, 4) is 0 Å². The van der Waals surface area contributed by atoms with Gasteiger partial charge in [0, 0.05) is 22.5 Å². The van der Waals surface area contributed by atoms with E-state index < -0.39 is 6.23 Å². The van der Waals surface area contributed by atoms with Gasteiger partial charge in [-0.15, -0.1) is 0 Å². The fourth-order valence-electron chi connectivity index (χ4n) is 1.73. The molecule has 1 aromatic carbocycles. The van der Waals surface area contributed by atoms with Crippen molar-refractivity contribution in [1.29, 1.82) is 0 Å². The fourth-order valence-corrected chi connectivity index (χ4v) is 1.95. The van der Waals surface area contributed by atoms with Gasteiger partial charge in [0.15, 0.2) is 0 Å². The third-order valence-corrected chi connectivity index (χ3v) is 2.79. The van der Waals surface area contributed by atoms with Crippen molar-refractivity contribution in [3.05, 3.63) is 28.9 Å². The van der Waals surface area contributed by atoms with Crippen LogP contribution in [0, 0.1) is 5.92 Å². The molecule has 17 heavy (non-hydrogen) atoms. The third kappa shape index (κ3) is 2.77. The van der Waals surface area contributed by atoms with Crippen molar-refractivity contribution in [1.82, 2.24) is 15.5 Å². The molecule has 1 aromatic heterocycles. The van der Waals surface area contributed by atoms with E-state index in [0.29, 0.717) is 10.9 Å². The van der Waals surface area contributed by atoms with Crippen molar-refractivity contribution in [2.24, 2.45) is 5.92 Å². The number of halogens is 1. The number of fused-ring (bicyclic) bond motifs is 1. The lowest BCUT2D eigenvalue weighted by molar-refractivity contribution is 0.136. The number of hydrogen-bond acceptors (Lipinski definition) is 3. The van der Waals surface area contributed by atoms with Crippen LogP contribution in [0.15, 0.2) is 18.3 Å². The molecule has 1 atom stereocenters. The summed E-state index contributed by atoms with van der Waals surface area (Å²) in [6.45, 7) is 4.92. The number of hydrogen-bond donors (Lipinski definition) is 3. The van der Waals surface area contributed by atoms with Crippen LogP contribution in [-0.4, -0.2) is 21.8 Å². The monoisotopic (exact) mass is 253 g/mol. The highest BCUT2D eigenvalue weighted by molar-refractivity contribution is 6.31. The molecule has 0 saturated carbocycles. The summed E-state index contributed by atoms with van der Waals surface area (Å²) in [4.78, 5) is 0. The van der Waals surface area contributed by atoms with Crippen LogP contribution in [0.2, 0.25) is 5.02 Å². The molecular formula is C12H16ClN3O. The second-order valence-corrected chi connectivity index (χ2v) is 4.97. The Hall–Kier alpha value is -1.10. The number of nitrogens with zero attached hydrogens (tertiary/aromatic N) is 1. The van der Waals surface area contributed by atoms with Crippen molar-refractivity contribution < 1.29 is 5.11 Å². The average molecular weight is 254 g/mol. The fraction of sp³-hybridized carbons (Fsp3) is 0.417. The molecule has 0 aliphatic carbocycles. The molecule has 0 aliphatic heterocycles. The minimum Gasteiger partial charge on any atom is -0.374 e. The molecule has 0 spiro atoms. The normalized spacial score (nSPS) is 13.5. The molecule has 0 amide bonds. The number of aromatic amines is 1. The van der Waals surface area contributed by atoms with E-state index in [-0.39, 0.29) is 0 Å². The zero-order chi connectivity index (χ0) is 12.4. The highest BCUT2D eigenvalue weighted by Gasteiger charge is 2.13. The van der Waals surface area contributed by atoms with Crippen LogP contribution in [0.1, 0.15) is 25.6 Å². The van der Waals surface area contributed by atoms with Crippen LogP contribution < -0.4 is 5.32 Å². The van der Waals surface area contributed by atoms with E-state index in [1.807, 2.05) is 0 Å². The number of nitrogens with one attached hydrogen (secondary N) is 2. The van der Waals surface area contributed by atoms with E-state index in [0.717, 1.165) is 23.0 Å². The third-order valence-electron chi connectivity index (χ3n) is 2.57. The first-order valence-electron chi connectivity index (χ1n) is 5.62. The van der Waals surface area contributed by atoms with Crippen LogP contribution >= 0.6 is 11.6 Å². The van der Waals surface area contributed by atoms with Gasteiger partial charge in [0.05, 0.1) is 11.7 Å². The molecule has 0 aliphatic rings. The lowest BCUT2D eigenvalue weighted by Crippen LogP contribution is -2.25. The summed E-state index contributed by atoms with van der Waals surface area (Å²) in [7, 11) is 0. The minimum atomic E-state index is -0.726. The van der Waals surface area contributed by atoms with E-state index in [1.54, 1.807) is 18.3 Å². The molecule has 0 fully saturated rings. The Morgan fingerprint density at radius 1 is 1.47 bits per heavy atom. The van der Waals surface area contributed by atoms with E-state index in [2.05, 4.69) is 29.4 Å². The molecule has 5 heteroatoms. The number of aliphatic hydroxyl groups excluding tert-OH is 1. The zero-order valence-electron chi connectivity index (χ0n) is 9.87. The van der Waals surface area contributed by atoms with Gasteiger partial charge in [0.1, 0.15) is 6.23 Å². The number of benzene rings is 1. The first-order valence-corrected chi connectivity index (χ1v) is 5.99. The number of rotatable bonds is 4. The molecule has 0 bridgehead atoms. The van der Waals surface area contributed by atoms with Crippen LogP contribution in [0.3, 0.4) is 0 Å². The number of aliphatic hydroxyl groups is 1. The predicted molar refractivity (Wildman–Crippen MR) is 68.9 cm³/mol. The van der Waals surface area contributed by atoms with E-state index in [9.17, 15) is 5.11 Å². The molecule has 2 aromatic rings. The van der Waals surface area contributed by atoms with Crippen LogP contribution in [-0.2, 0) is 0 Å². The van der Waals surface area contributed by atoms with E-state index >= 15 is 0 Å². The quantitative estimate of drug-likeness (QED) is 0.734. The first-order chi connectivity index (χ1) is 8.08. The standard InChI is InChI=1S/C12H16ClN3O/c1-7(2)5-14-12(17)9-3-8(13)4-11-10(9)6-15-16-11/h3-4,6-7,12,14,17H,5H2,1-2H3,(H,15,16). The summed E-state index contributed by atoms with van der Waals surface area (Å²) >= 11 is 6.00. The molecule has 4 nitrogen and oxygen atoms in total. The van der Waals surface area contributed by atoms with Gasteiger partial charge in [0.25, 0.3) is 0 Å². The Morgan fingerprint density at radius 3 is 2.94 bits per heavy atom. The summed E-state index contributed by atoms with van der Waals surface area (Å²) in [5, 5.41) is 21.4. The van der Waals surface area contributed by atoms with Crippen LogP contribution in [0.25, 0.3) is 10.9 Å². The first kappa shape index (κ1) is 12.4. The Balaban J connectivity index is 2.30. The molecule has 2 rings (SSSR count). The second kappa shape index (κ2) is 5.04. The Bertz CT molecular complexity index is 509. The lowest BCUT2D eigenvalue weighted by Gasteiger charge is -2.15. The second-order valence-electron chi connectivity index (χ2n) is 4.53. The molecule has 1 heterocycles. The van der Waals surface area contributed by atoms with Gasteiger partial charge >= 0.3 is 0 Å². The largest absolute Gasteiger partial charge is 0.374 e. The predicted octanol–water partition coefficient (Wildman–Crippen LogP) is 2.45. The van der Waals surface area contributed by atoms with Crippen molar-refractivity contribution in [3.63, 3.8) is 0 Å². The Labute approximate surface area is 105 Å². The highest BCUT2D eigenvalue weighted by atomic mass is 35.5. The molecule has 92 valence electrons. The Morgan fingerprint density at radius 2 is 2.24 bits per heavy atom. The number of aromatic nitrogens is 2. The molecule has 0 saturated heterocycles. The number of H-pyrrole nitrogens is 1. The summed E-state index contributed by atoms with van der Waals surface area (Å²) in [5.74, 6) is 0.476. The maximum Gasteiger partial charge on any atom is 0.131 e. The topological polar surface area (TPSA) is 60.9 Å². The van der Waals surface area contributed by atoms with E-state index in [1.165, 1.54) is 0 Å². The van der Waals surface area contributed by atoms with Crippen LogP contribution in [0.5, 0.6) is 0 Å². The maximum atomic E-state index is 10.1. The van der Waals surface area contributed by atoms with Crippen LogP contribution in [0.4, 0.5) is 0 Å². The van der Waals surface area contributed by atoms with E-state index in [4.69, 9.17) is 11.6 Å². The Kier molecular flexibility index (Phi) is 3.66. The molecule has 3 N–H and O–H groups in total. The van der Waals surface area contributed by atoms with Crippen molar-refractivity contribution in [2.45, 2.75) is 20.1 Å². The van der Waals surface area contributed by atoms with Gasteiger partial charge in [-0.25, -0.2) is 0 Å². The zero-order valence-corrected chi connectivity index (χ0v) is 10.6. The van der Waals surface area contributed by atoms with Gasteiger partial charge in [-0.2, -0.15) is 5.10 Å². The van der Waals surface area contributed by atoms with Gasteiger partial charge in [-0.3, -0.25) is 10.4 Å². The average Bonchev–Trinajstić information content (AvgIpc) is 2.72. The SMILES string of the molecule is CC(C)CNC(O)c1cc(Cl)cc2[nH]ncc12. The van der Waals surface area contributed by atoms with Gasteiger partial charge < -0.3 is 5.11 Å². The van der Waals surface area contributed by atoms with Gasteiger partial charge in [-0.05, 0) is 18.1 Å². The molecule has 1 unspecified atom stereocenters. The smallest absolute Gasteiger partial charge is 0.131 e. The summed E-state index contributed by atoms with van der Waals surface area (Å²) in [5.41, 5.74) is 1.58. The molecular weight excluding hydrogens is 238 g/mol. The lowest BCUT2D eigenvalue weighted by atomic mass is 10.1. The maximum absolute atomic E-state index is 10.1. The molecule has 0 radical (unpaired) electrons. The summed E-state index contributed by atoms with van der Waals surface area (Å²) in [6.07, 6.45) is 0.970. The highest BCUT2D eigenvalue weighted by Crippen LogP contribution is 2.26. The summed E-state index contributed by atoms with van der Waals surface area (Å²) in [6, 6.07) is 3.56. The minimum absolute atomic E-state index is 0.476. The van der Waals surface area contributed by atoms with Crippen molar-refractivity contribution >= 4 is 22.5 Å². The van der Waals surface area contributed by atoms with Crippen molar-refractivity contribution in [2.75, 3.05) is 6.54 Å². The van der Waals surface area contributed by atoms with Gasteiger partial charge in [0.2, 0.25) is 0 Å².